The summed E-state index contributed by atoms with van der Waals surface area (Å²) in [5.41, 5.74) is 8.77. The van der Waals surface area contributed by atoms with Crippen LogP contribution in [0.2, 0.25) is 0 Å². The van der Waals surface area contributed by atoms with Gasteiger partial charge in [-0.05, 0) is 26.3 Å². The summed E-state index contributed by atoms with van der Waals surface area (Å²) in [5.74, 6) is 0.372. The van der Waals surface area contributed by atoms with Crippen LogP contribution in [0.1, 0.15) is 23.7 Å². The third-order valence-electron chi connectivity index (χ3n) is 3.09. The molecule has 1 aromatic carbocycles. The first-order valence-electron chi connectivity index (χ1n) is 7.05. The molecule has 5 nitrogen and oxygen atoms in total. The molecule has 0 radical (unpaired) electrons. The molecule has 22 heavy (non-hydrogen) atoms. The number of benzene rings is 1. The molecular weight excluding hydrogens is 296 g/mol. The van der Waals surface area contributed by atoms with E-state index in [0.29, 0.717) is 17.5 Å². The highest BCUT2D eigenvalue weighted by Crippen LogP contribution is 2.20. The van der Waals surface area contributed by atoms with Crippen LogP contribution >= 0.6 is 11.8 Å². The maximum absolute atomic E-state index is 12.1. The van der Waals surface area contributed by atoms with Crippen molar-refractivity contribution in [3.63, 3.8) is 0 Å². The lowest BCUT2D eigenvalue weighted by molar-refractivity contribution is -0.120. The van der Waals surface area contributed by atoms with Crippen LogP contribution in [0.4, 0.5) is 5.82 Å². The third-order valence-corrected chi connectivity index (χ3v) is 4.05. The van der Waals surface area contributed by atoms with Gasteiger partial charge < -0.3 is 11.1 Å². The maximum atomic E-state index is 12.1. The Morgan fingerprint density at radius 2 is 1.95 bits per heavy atom. The van der Waals surface area contributed by atoms with E-state index >= 15 is 0 Å². The standard InChI is InChI=1S/C16H20N4OS/c1-10-4-6-13(7-5-10)9-18-15(21)12(3)22-16-19-11(2)8-14(17)20-16/h4-8,12H,9H2,1-3H3,(H,18,21)(H2,17,19,20). The SMILES string of the molecule is Cc1ccc(CNC(=O)C(C)Sc2nc(C)cc(N)n2)cc1. The van der Waals surface area contributed by atoms with Gasteiger partial charge in [-0.2, -0.15) is 0 Å². The molecule has 1 atom stereocenters. The number of anilines is 1. The lowest BCUT2D eigenvalue weighted by Crippen LogP contribution is -2.30. The number of hydrogen-bond donors (Lipinski definition) is 2. The Kier molecular flexibility index (Phi) is 5.38. The number of thioether (sulfide) groups is 1. The van der Waals surface area contributed by atoms with E-state index in [1.165, 1.54) is 17.3 Å². The first-order valence-corrected chi connectivity index (χ1v) is 7.93. The summed E-state index contributed by atoms with van der Waals surface area (Å²) in [5, 5.41) is 3.16. The van der Waals surface area contributed by atoms with Crippen LogP contribution in [0.3, 0.4) is 0 Å². The second-order valence-corrected chi connectivity index (χ2v) is 6.49. The van der Waals surface area contributed by atoms with E-state index in [-0.39, 0.29) is 11.2 Å². The van der Waals surface area contributed by atoms with Crippen LogP contribution in [0.25, 0.3) is 0 Å². The number of rotatable bonds is 5. The quantitative estimate of drug-likeness (QED) is 0.654. The van der Waals surface area contributed by atoms with Crippen molar-refractivity contribution in [3.05, 3.63) is 47.2 Å². The fraction of sp³-hybridized carbons (Fsp3) is 0.312. The zero-order chi connectivity index (χ0) is 16.1. The third kappa shape index (κ3) is 4.73. The Labute approximate surface area is 134 Å². The first kappa shape index (κ1) is 16.3. The molecule has 3 N–H and O–H groups in total. The highest BCUT2D eigenvalue weighted by Gasteiger charge is 2.16. The van der Waals surface area contributed by atoms with Gasteiger partial charge >= 0.3 is 0 Å². The highest BCUT2D eigenvalue weighted by atomic mass is 32.2. The minimum absolute atomic E-state index is 0.0470. The minimum atomic E-state index is -0.286. The van der Waals surface area contributed by atoms with Crippen molar-refractivity contribution < 1.29 is 4.79 Å². The van der Waals surface area contributed by atoms with Gasteiger partial charge in [0, 0.05) is 18.3 Å². The van der Waals surface area contributed by atoms with Crippen LogP contribution in [0, 0.1) is 13.8 Å². The molecule has 116 valence electrons. The second kappa shape index (κ2) is 7.26. The molecule has 0 fully saturated rings. The molecule has 2 aromatic rings. The lowest BCUT2D eigenvalue weighted by atomic mass is 10.1. The molecule has 1 aromatic heterocycles. The van der Waals surface area contributed by atoms with Crippen molar-refractivity contribution in [2.75, 3.05) is 5.73 Å². The number of nitrogens with two attached hydrogens (primary N) is 1. The number of nitrogens with one attached hydrogen (secondary N) is 1. The average molecular weight is 316 g/mol. The fourth-order valence-corrected chi connectivity index (χ4v) is 2.73. The fourth-order valence-electron chi connectivity index (χ4n) is 1.87. The van der Waals surface area contributed by atoms with Crippen molar-refractivity contribution in [2.24, 2.45) is 0 Å². The Morgan fingerprint density at radius 3 is 2.59 bits per heavy atom. The Bertz CT molecular complexity index is 637. The van der Waals surface area contributed by atoms with Crippen molar-refractivity contribution in [1.29, 1.82) is 0 Å². The molecule has 0 aliphatic heterocycles. The largest absolute Gasteiger partial charge is 0.384 e. The van der Waals surface area contributed by atoms with Crippen molar-refractivity contribution >= 4 is 23.5 Å². The second-order valence-electron chi connectivity index (χ2n) is 5.18. The zero-order valence-electron chi connectivity index (χ0n) is 13.0. The summed E-state index contributed by atoms with van der Waals surface area (Å²) in [6.07, 6.45) is 0. The van der Waals surface area contributed by atoms with Gasteiger partial charge in [0.1, 0.15) is 5.82 Å². The average Bonchev–Trinajstić information content (AvgIpc) is 2.45. The molecule has 0 aliphatic carbocycles. The van der Waals surface area contributed by atoms with Crippen molar-refractivity contribution in [1.82, 2.24) is 15.3 Å². The molecule has 0 aliphatic rings. The number of carbonyl (C=O) groups excluding carboxylic acids is 1. The predicted molar refractivity (Wildman–Crippen MR) is 89.5 cm³/mol. The van der Waals surface area contributed by atoms with Gasteiger partial charge in [0.25, 0.3) is 0 Å². The van der Waals surface area contributed by atoms with E-state index in [9.17, 15) is 4.79 Å². The van der Waals surface area contributed by atoms with Gasteiger partial charge in [0.2, 0.25) is 5.91 Å². The Balaban J connectivity index is 1.90. The number of nitrogen functional groups attached to an aromatic ring is 1. The minimum Gasteiger partial charge on any atom is -0.384 e. The van der Waals surface area contributed by atoms with Crippen LogP contribution in [-0.2, 0) is 11.3 Å². The van der Waals surface area contributed by atoms with E-state index in [2.05, 4.69) is 15.3 Å². The summed E-state index contributed by atoms with van der Waals surface area (Å²) in [7, 11) is 0. The molecule has 0 spiro atoms. The molecule has 0 saturated heterocycles. The smallest absolute Gasteiger partial charge is 0.233 e. The molecule has 1 amide bonds. The number of amides is 1. The normalized spacial score (nSPS) is 12.0. The molecule has 1 unspecified atom stereocenters. The number of carbonyl (C=O) groups is 1. The van der Waals surface area contributed by atoms with Gasteiger partial charge in [-0.25, -0.2) is 9.97 Å². The number of nitrogens with zero attached hydrogens (tertiary/aromatic N) is 2. The topological polar surface area (TPSA) is 80.9 Å². The lowest BCUT2D eigenvalue weighted by Gasteiger charge is -2.11. The van der Waals surface area contributed by atoms with E-state index in [4.69, 9.17) is 5.73 Å². The summed E-state index contributed by atoms with van der Waals surface area (Å²) in [4.78, 5) is 20.5. The molecular formula is C16H20N4OS. The molecule has 0 saturated carbocycles. The number of hydrogen-bond acceptors (Lipinski definition) is 5. The number of aryl methyl sites for hydroxylation is 2. The highest BCUT2D eigenvalue weighted by molar-refractivity contribution is 8.00. The molecule has 2 rings (SSSR count). The van der Waals surface area contributed by atoms with Gasteiger partial charge in [0.05, 0.1) is 5.25 Å². The Morgan fingerprint density at radius 1 is 1.27 bits per heavy atom. The van der Waals surface area contributed by atoms with E-state index in [1.54, 1.807) is 6.07 Å². The van der Waals surface area contributed by atoms with Gasteiger partial charge in [-0.15, -0.1) is 0 Å². The van der Waals surface area contributed by atoms with Crippen molar-refractivity contribution in [2.45, 2.75) is 37.7 Å². The van der Waals surface area contributed by atoms with Gasteiger partial charge in [0.15, 0.2) is 5.16 Å². The zero-order valence-corrected chi connectivity index (χ0v) is 13.8. The summed E-state index contributed by atoms with van der Waals surface area (Å²) >= 11 is 1.30. The predicted octanol–water partition coefficient (Wildman–Crippen LogP) is 2.47. The monoisotopic (exact) mass is 316 g/mol. The summed E-state index contributed by atoms with van der Waals surface area (Å²) < 4.78 is 0. The number of aromatic nitrogens is 2. The Hall–Kier alpha value is -2.08. The molecule has 1 heterocycles. The van der Waals surface area contributed by atoms with E-state index in [0.717, 1.165) is 11.3 Å². The summed E-state index contributed by atoms with van der Waals surface area (Å²) in [6, 6.07) is 9.79. The van der Waals surface area contributed by atoms with Crippen LogP contribution in [0.15, 0.2) is 35.5 Å². The molecule has 0 bridgehead atoms. The van der Waals surface area contributed by atoms with Gasteiger partial charge in [-0.3, -0.25) is 4.79 Å². The summed E-state index contributed by atoms with van der Waals surface area (Å²) in [6.45, 7) is 6.23. The van der Waals surface area contributed by atoms with Crippen molar-refractivity contribution in [3.8, 4) is 0 Å². The van der Waals surface area contributed by atoms with Crippen LogP contribution in [0.5, 0.6) is 0 Å². The van der Waals surface area contributed by atoms with Gasteiger partial charge in [-0.1, -0.05) is 41.6 Å². The maximum Gasteiger partial charge on any atom is 0.233 e. The van der Waals surface area contributed by atoms with E-state index < -0.39 is 0 Å². The van der Waals surface area contributed by atoms with Crippen LogP contribution in [-0.4, -0.2) is 21.1 Å². The van der Waals surface area contributed by atoms with E-state index in [1.807, 2.05) is 45.0 Å². The molecule has 6 heteroatoms. The first-order chi connectivity index (χ1) is 10.4. The van der Waals surface area contributed by atoms with Crippen LogP contribution < -0.4 is 11.1 Å².